The van der Waals surface area contributed by atoms with Gasteiger partial charge in [0.15, 0.2) is 5.72 Å². The number of allylic oxidation sites excluding steroid dienone is 2. The van der Waals surface area contributed by atoms with Crippen LogP contribution in [0.25, 0.3) is 0 Å². The molecule has 1 amide bonds. The largest absolute Gasteiger partial charge is 0.449 e. The molecule has 28 heavy (non-hydrogen) atoms. The van der Waals surface area contributed by atoms with Crippen LogP contribution < -0.4 is 11.1 Å². The number of carbonyl (C=O) groups excluding carboxylic acids is 3. The van der Waals surface area contributed by atoms with Gasteiger partial charge >= 0.3 is 6.09 Å². The normalized spacial score (nSPS) is 33.1. The Bertz CT molecular complexity index is 830. The third-order valence-corrected chi connectivity index (χ3v) is 6.48. The predicted molar refractivity (Wildman–Crippen MR) is 98.8 cm³/mol. The average molecular weight is 390 g/mol. The van der Waals surface area contributed by atoms with Gasteiger partial charge in [-0.15, -0.1) is 0 Å². The summed E-state index contributed by atoms with van der Waals surface area (Å²) in [6, 6.07) is 0.142. The van der Waals surface area contributed by atoms with Crippen LogP contribution in [0.4, 0.5) is 4.79 Å². The van der Waals surface area contributed by atoms with Crippen LogP contribution in [0.2, 0.25) is 0 Å². The molecule has 4 atom stereocenters. The maximum Gasteiger partial charge on any atom is 0.404 e. The summed E-state index contributed by atoms with van der Waals surface area (Å²) >= 11 is 0. The molecule has 0 aromatic rings. The molecule has 0 bridgehead atoms. The lowest BCUT2D eigenvalue weighted by Crippen LogP contribution is -2.55. The van der Waals surface area contributed by atoms with Crippen molar-refractivity contribution in [2.75, 3.05) is 33.4 Å². The van der Waals surface area contributed by atoms with E-state index in [1.807, 2.05) is 23.6 Å². The van der Waals surface area contributed by atoms with Gasteiger partial charge in [-0.3, -0.25) is 9.59 Å². The fourth-order valence-corrected chi connectivity index (χ4v) is 5.20. The van der Waals surface area contributed by atoms with E-state index in [0.717, 1.165) is 0 Å². The average Bonchev–Trinajstić information content (AvgIpc) is 3.28. The summed E-state index contributed by atoms with van der Waals surface area (Å²) in [5.74, 6) is -0.960. The van der Waals surface area contributed by atoms with Gasteiger partial charge in [-0.2, -0.15) is 0 Å². The lowest BCUT2D eigenvalue weighted by Gasteiger charge is -2.39. The molecule has 9 nitrogen and oxygen atoms in total. The van der Waals surface area contributed by atoms with Gasteiger partial charge in [-0.25, -0.2) is 4.79 Å². The number of Topliss-reactive ketones (excluding diaryl/α,β-unsaturated/α-hetero) is 2. The van der Waals surface area contributed by atoms with Crippen LogP contribution in [0.15, 0.2) is 22.5 Å². The van der Waals surface area contributed by atoms with Crippen LogP contribution in [-0.4, -0.2) is 78.6 Å². The number of carbonyl (C=O) groups is 3. The summed E-state index contributed by atoms with van der Waals surface area (Å²) in [6.45, 7) is 7.26. The number of primary amides is 1. The molecule has 2 fully saturated rings. The van der Waals surface area contributed by atoms with Crippen molar-refractivity contribution in [3.63, 3.8) is 0 Å². The molecule has 4 aliphatic rings. The lowest BCUT2D eigenvalue weighted by atomic mass is 9.82. The van der Waals surface area contributed by atoms with E-state index in [9.17, 15) is 14.4 Å². The Morgan fingerprint density at radius 2 is 2.00 bits per heavy atom. The number of methoxy groups -OCH3 is 1. The Morgan fingerprint density at radius 3 is 2.57 bits per heavy atom. The van der Waals surface area contributed by atoms with Crippen molar-refractivity contribution in [3.8, 4) is 0 Å². The maximum atomic E-state index is 13.6. The van der Waals surface area contributed by atoms with E-state index >= 15 is 0 Å². The number of ketones is 2. The third-order valence-electron chi connectivity index (χ3n) is 6.48. The number of likely N-dealkylation sites (N-methyl/N-ethyl adjacent to an activating group) is 1. The van der Waals surface area contributed by atoms with Crippen molar-refractivity contribution >= 4 is 17.7 Å². The fraction of sp³-hybridized carbons (Fsp3) is 0.632. The number of hydrogen-bond donors (Lipinski definition) is 2. The Balaban J connectivity index is 1.83. The van der Waals surface area contributed by atoms with E-state index < -0.39 is 17.7 Å². The van der Waals surface area contributed by atoms with Crippen LogP contribution >= 0.6 is 0 Å². The van der Waals surface area contributed by atoms with Crippen LogP contribution in [0.5, 0.6) is 0 Å². The molecule has 0 radical (unpaired) electrons. The van der Waals surface area contributed by atoms with Gasteiger partial charge in [-0.1, -0.05) is 0 Å². The second-order valence-corrected chi connectivity index (χ2v) is 7.57. The summed E-state index contributed by atoms with van der Waals surface area (Å²) in [4.78, 5) is 42.1. The zero-order valence-corrected chi connectivity index (χ0v) is 16.6. The highest BCUT2D eigenvalue weighted by molar-refractivity contribution is 6.25. The van der Waals surface area contributed by atoms with E-state index in [2.05, 4.69) is 5.32 Å². The molecular formula is C19H26N4O5. The quantitative estimate of drug-likeness (QED) is 0.469. The van der Waals surface area contributed by atoms with Gasteiger partial charge in [0.1, 0.15) is 6.61 Å². The van der Waals surface area contributed by atoms with Crippen molar-refractivity contribution in [3.05, 3.63) is 22.5 Å². The number of piperazine rings is 1. The Labute approximate surface area is 163 Å². The Morgan fingerprint density at radius 1 is 1.32 bits per heavy atom. The summed E-state index contributed by atoms with van der Waals surface area (Å²) in [6.07, 6.45) is -0.921. The van der Waals surface area contributed by atoms with Gasteiger partial charge in [0.2, 0.25) is 11.6 Å². The minimum Gasteiger partial charge on any atom is -0.449 e. The van der Waals surface area contributed by atoms with Crippen LogP contribution in [-0.2, 0) is 19.1 Å². The molecule has 1 unspecified atom stereocenters. The molecule has 0 spiro atoms. The van der Waals surface area contributed by atoms with Crippen molar-refractivity contribution in [2.24, 2.45) is 11.7 Å². The van der Waals surface area contributed by atoms with E-state index in [4.69, 9.17) is 15.2 Å². The summed E-state index contributed by atoms with van der Waals surface area (Å²) in [5.41, 5.74) is 5.87. The number of ether oxygens (including phenoxy) is 2. The van der Waals surface area contributed by atoms with E-state index in [1.54, 1.807) is 14.0 Å². The first-order chi connectivity index (χ1) is 13.3. The Hall–Kier alpha value is -2.39. The molecule has 3 heterocycles. The van der Waals surface area contributed by atoms with E-state index in [0.29, 0.717) is 42.2 Å². The zero-order valence-electron chi connectivity index (χ0n) is 16.6. The third kappa shape index (κ3) is 2.23. The molecule has 0 aromatic carbocycles. The number of rotatable bonds is 6. The topological polar surface area (TPSA) is 124 Å². The van der Waals surface area contributed by atoms with Crippen LogP contribution in [0.3, 0.4) is 0 Å². The van der Waals surface area contributed by atoms with Gasteiger partial charge in [0.05, 0.1) is 23.4 Å². The Kier molecular flexibility index (Phi) is 4.27. The second-order valence-electron chi connectivity index (χ2n) is 7.57. The number of amides is 1. The van der Waals surface area contributed by atoms with Gasteiger partial charge in [0.25, 0.3) is 0 Å². The van der Waals surface area contributed by atoms with E-state index in [1.165, 1.54) is 0 Å². The highest BCUT2D eigenvalue weighted by atomic mass is 16.6. The maximum absolute atomic E-state index is 13.6. The minimum atomic E-state index is -0.935. The smallest absolute Gasteiger partial charge is 0.404 e. The van der Waals surface area contributed by atoms with E-state index in [-0.39, 0.29) is 30.3 Å². The van der Waals surface area contributed by atoms with Gasteiger partial charge in [0, 0.05) is 43.9 Å². The van der Waals surface area contributed by atoms with Crippen molar-refractivity contribution in [1.82, 2.24) is 15.1 Å². The number of fused-ring (bicyclic) bond motifs is 4. The molecule has 2 saturated heterocycles. The van der Waals surface area contributed by atoms with Crippen LogP contribution in [0.1, 0.15) is 20.8 Å². The van der Waals surface area contributed by atoms with Crippen molar-refractivity contribution < 1.29 is 23.9 Å². The number of nitrogens with two attached hydrogens (primary N) is 1. The standard InChI is InChI=1S/C19H26N4O5/c1-5-22(6-2)13-9(3)15(24)14-12(16(13)25)10(8-28-18(20)26)19(27-4)17-11(21-17)7-23(14)19/h10-11,17,21H,5-8H2,1-4H3,(H2,20,26)/t10-,11+,17+,19?/m0/s1. The molecule has 3 aliphatic heterocycles. The summed E-state index contributed by atoms with van der Waals surface area (Å²) in [7, 11) is 1.56. The molecule has 0 aromatic heterocycles. The van der Waals surface area contributed by atoms with Crippen LogP contribution in [0, 0.1) is 5.92 Å². The first-order valence-corrected chi connectivity index (χ1v) is 9.63. The summed E-state index contributed by atoms with van der Waals surface area (Å²) in [5, 5.41) is 3.34. The predicted octanol–water partition coefficient (Wildman–Crippen LogP) is -0.268. The number of nitrogens with zero attached hydrogens (tertiary/aromatic N) is 2. The highest BCUT2D eigenvalue weighted by Crippen LogP contribution is 2.55. The fourth-order valence-electron chi connectivity index (χ4n) is 5.20. The lowest BCUT2D eigenvalue weighted by molar-refractivity contribution is -0.137. The van der Waals surface area contributed by atoms with Crippen molar-refractivity contribution in [2.45, 2.75) is 38.6 Å². The molecule has 152 valence electrons. The first kappa shape index (κ1) is 18.9. The first-order valence-electron chi connectivity index (χ1n) is 9.63. The number of nitrogens with one attached hydrogen (secondary N) is 1. The second kappa shape index (κ2) is 6.31. The number of hydrogen-bond acceptors (Lipinski definition) is 8. The van der Waals surface area contributed by atoms with Gasteiger partial charge in [-0.05, 0) is 20.8 Å². The molecule has 1 aliphatic carbocycles. The molecule has 9 heteroatoms. The monoisotopic (exact) mass is 390 g/mol. The zero-order chi connectivity index (χ0) is 20.4. The molecule has 4 rings (SSSR count). The molecule has 3 N–H and O–H groups in total. The summed E-state index contributed by atoms with van der Waals surface area (Å²) < 4.78 is 11.1. The highest BCUT2D eigenvalue weighted by Gasteiger charge is 2.72. The molecular weight excluding hydrogens is 364 g/mol. The SMILES string of the molecule is CCN(CC)C1=C(C)C(=O)C2=C(C1=O)[C@H](COC(N)=O)C1(OC)[C@@H]3N[C@@H]3CN21. The van der Waals surface area contributed by atoms with Crippen molar-refractivity contribution in [1.29, 1.82) is 0 Å². The minimum absolute atomic E-state index is 0.0395. The molecule has 0 saturated carbocycles. The van der Waals surface area contributed by atoms with Gasteiger partial charge < -0.3 is 30.3 Å².